The van der Waals surface area contributed by atoms with Gasteiger partial charge in [0, 0.05) is 0 Å². The first-order chi connectivity index (χ1) is 6.07. The number of unbranched alkanes of at least 4 members (excludes halogenated alkanes) is 1. The Morgan fingerprint density at radius 1 is 1.00 bits per heavy atom. The minimum Gasteiger partial charge on any atom is -0.393 e. The summed E-state index contributed by atoms with van der Waals surface area (Å²) < 4.78 is 0. The predicted molar refractivity (Wildman–Crippen MR) is 58.8 cm³/mol. The number of aliphatic hydroxyl groups is 1. The van der Waals surface area contributed by atoms with E-state index in [9.17, 15) is 5.11 Å². The van der Waals surface area contributed by atoms with Crippen molar-refractivity contribution in [2.75, 3.05) is 0 Å². The highest BCUT2D eigenvalue weighted by atomic mass is 16.3. The van der Waals surface area contributed by atoms with Crippen molar-refractivity contribution in [2.24, 2.45) is 11.8 Å². The van der Waals surface area contributed by atoms with Gasteiger partial charge < -0.3 is 5.11 Å². The summed E-state index contributed by atoms with van der Waals surface area (Å²) >= 11 is 0. The van der Waals surface area contributed by atoms with Crippen LogP contribution in [0.3, 0.4) is 0 Å². The van der Waals surface area contributed by atoms with Crippen LogP contribution in [0.25, 0.3) is 0 Å². The Labute approximate surface area is 83.5 Å². The van der Waals surface area contributed by atoms with Gasteiger partial charge in [0.25, 0.3) is 0 Å². The highest BCUT2D eigenvalue weighted by Gasteiger charge is 2.14. The van der Waals surface area contributed by atoms with Crippen LogP contribution < -0.4 is 0 Å². The standard InChI is InChI=1S/C12H26O/c1-5-6-7-12(11(4)13)9-8-10(2)3/h10-13H,5-9H2,1-4H3. The fourth-order valence-corrected chi connectivity index (χ4v) is 1.64. The molecule has 0 aliphatic heterocycles. The van der Waals surface area contributed by atoms with E-state index in [4.69, 9.17) is 0 Å². The molecule has 0 heterocycles. The van der Waals surface area contributed by atoms with E-state index < -0.39 is 0 Å². The molecule has 1 nitrogen and oxygen atoms in total. The smallest absolute Gasteiger partial charge is 0.0540 e. The highest BCUT2D eigenvalue weighted by Crippen LogP contribution is 2.21. The lowest BCUT2D eigenvalue weighted by Crippen LogP contribution is -2.17. The molecule has 0 fully saturated rings. The van der Waals surface area contributed by atoms with Gasteiger partial charge in [0.05, 0.1) is 6.10 Å². The number of hydrogen-bond acceptors (Lipinski definition) is 1. The predicted octanol–water partition coefficient (Wildman–Crippen LogP) is 3.61. The molecule has 13 heavy (non-hydrogen) atoms. The molecule has 0 bridgehead atoms. The van der Waals surface area contributed by atoms with Crippen LogP contribution in [0.4, 0.5) is 0 Å². The number of rotatable bonds is 7. The van der Waals surface area contributed by atoms with Crippen molar-refractivity contribution in [3.8, 4) is 0 Å². The second-order valence-electron chi connectivity index (χ2n) is 4.61. The van der Waals surface area contributed by atoms with Gasteiger partial charge in [-0.3, -0.25) is 0 Å². The maximum atomic E-state index is 9.55. The Bertz CT molecular complexity index is 108. The lowest BCUT2D eigenvalue weighted by atomic mass is 9.90. The molecule has 0 aromatic heterocycles. The van der Waals surface area contributed by atoms with Crippen LogP contribution in [0.5, 0.6) is 0 Å². The zero-order valence-electron chi connectivity index (χ0n) is 9.71. The number of aliphatic hydroxyl groups excluding tert-OH is 1. The monoisotopic (exact) mass is 186 g/mol. The molecular weight excluding hydrogens is 160 g/mol. The number of hydrogen-bond donors (Lipinski definition) is 1. The largest absolute Gasteiger partial charge is 0.393 e. The van der Waals surface area contributed by atoms with E-state index in [0.29, 0.717) is 5.92 Å². The minimum absolute atomic E-state index is 0.120. The van der Waals surface area contributed by atoms with Gasteiger partial charge in [-0.15, -0.1) is 0 Å². The summed E-state index contributed by atoms with van der Waals surface area (Å²) in [5.74, 6) is 1.30. The van der Waals surface area contributed by atoms with E-state index in [1.165, 1.54) is 32.1 Å². The van der Waals surface area contributed by atoms with Crippen molar-refractivity contribution < 1.29 is 5.11 Å². The third kappa shape index (κ3) is 7.06. The Balaban J connectivity index is 3.67. The van der Waals surface area contributed by atoms with Gasteiger partial charge in [-0.2, -0.15) is 0 Å². The summed E-state index contributed by atoms with van der Waals surface area (Å²) in [4.78, 5) is 0. The van der Waals surface area contributed by atoms with Gasteiger partial charge in [-0.05, 0) is 31.6 Å². The fraction of sp³-hybridized carbons (Fsp3) is 1.00. The van der Waals surface area contributed by atoms with Crippen LogP contribution >= 0.6 is 0 Å². The van der Waals surface area contributed by atoms with Gasteiger partial charge in [-0.1, -0.05) is 40.0 Å². The molecule has 0 aromatic carbocycles. The van der Waals surface area contributed by atoms with Crippen molar-refractivity contribution in [2.45, 2.75) is 65.9 Å². The Hall–Kier alpha value is -0.0400. The summed E-state index contributed by atoms with van der Waals surface area (Å²) in [6.45, 7) is 8.64. The molecule has 0 aromatic rings. The van der Waals surface area contributed by atoms with E-state index in [1.54, 1.807) is 0 Å². The second kappa shape index (κ2) is 7.37. The third-order valence-corrected chi connectivity index (χ3v) is 2.73. The summed E-state index contributed by atoms with van der Waals surface area (Å²) in [6.07, 6.45) is 6.01. The Morgan fingerprint density at radius 2 is 1.62 bits per heavy atom. The highest BCUT2D eigenvalue weighted by molar-refractivity contribution is 4.65. The van der Waals surface area contributed by atoms with Crippen LogP contribution in [0.1, 0.15) is 59.8 Å². The maximum Gasteiger partial charge on any atom is 0.0540 e. The van der Waals surface area contributed by atoms with Gasteiger partial charge >= 0.3 is 0 Å². The van der Waals surface area contributed by atoms with Crippen LogP contribution in [0.2, 0.25) is 0 Å². The lowest BCUT2D eigenvalue weighted by Gasteiger charge is -2.20. The van der Waals surface area contributed by atoms with Crippen LogP contribution in [0, 0.1) is 11.8 Å². The first kappa shape index (κ1) is 13.0. The molecule has 0 spiro atoms. The molecule has 2 atom stereocenters. The SMILES string of the molecule is CCCCC(CCC(C)C)C(C)O. The molecule has 0 aliphatic carbocycles. The van der Waals surface area contributed by atoms with Crippen molar-refractivity contribution in [3.63, 3.8) is 0 Å². The fourth-order valence-electron chi connectivity index (χ4n) is 1.64. The normalized spacial score (nSPS) is 16.2. The molecule has 0 amide bonds. The molecule has 0 aliphatic rings. The molecule has 80 valence electrons. The van der Waals surface area contributed by atoms with Gasteiger partial charge in [0.1, 0.15) is 0 Å². The quantitative estimate of drug-likeness (QED) is 0.644. The molecule has 0 rings (SSSR count). The second-order valence-corrected chi connectivity index (χ2v) is 4.61. The van der Waals surface area contributed by atoms with E-state index in [1.807, 2.05) is 6.92 Å². The van der Waals surface area contributed by atoms with E-state index in [0.717, 1.165) is 5.92 Å². The van der Waals surface area contributed by atoms with E-state index >= 15 is 0 Å². The van der Waals surface area contributed by atoms with Crippen molar-refractivity contribution >= 4 is 0 Å². The van der Waals surface area contributed by atoms with Gasteiger partial charge in [-0.25, -0.2) is 0 Å². The summed E-state index contributed by atoms with van der Waals surface area (Å²) in [7, 11) is 0. The molecule has 0 saturated heterocycles. The molecule has 1 N–H and O–H groups in total. The summed E-state index contributed by atoms with van der Waals surface area (Å²) in [5, 5.41) is 9.55. The molecule has 1 heteroatoms. The first-order valence-corrected chi connectivity index (χ1v) is 5.76. The zero-order chi connectivity index (χ0) is 10.3. The minimum atomic E-state index is -0.120. The molecule has 2 unspecified atom stereocenters. The van der Waals surface area contributed by atoms with Crippen molar-refractivity contribution in [3.05, 3.63) is 0 Å². The third-order valence-electron chi connectivity index (χ3n) is 2.73. The Kier molecular flexibility index (Phi) is 7.35. The summed E-state index contributed by atoms with van der Waals surface area (Å²) in [6, 6.07) is 0. The maximum absolute atomic E-state index is 9.55. The average molecular weight is 186 g/mol. The molecular formula is C12H26O. The summed E-state index contributed by atoms with van der Waals surface area (Å²) in [5.41, 5.74) is 0. The first-order valence-electron chi connectivity index (χ1n) is 5.76. The van der Waals surface area contributed by atoms with Gasteiger partial charge in [0.15, 0.2) is 0 Å². The van der Waals surface area contributed by atoms with E-state index in [-0.39, 0.29) is 6.10 Å². The van der Waals surface area contributed by atoms with Crippen LogP contribution in [0.15, 0.2) is 0 Å². The van der Waals surface area contributed by atoms with Crippen molar-refractivity contribution in [1.82, 2.24) is 0 Å². The van der Waals surface area contributed by atoms with E-state index in [2.05, 4.69) is 20.8 Å². The Morgan fingerprint density at radius 3 is 2.00 bits per heavy atom. The van der Waals surface area contributed by atoms with Crippen LogP contribution in [-0.2, 0) is 0 Å². The zero-order valence-corrected chi connectivity index (χ0v) is 9.71. The average Bonchev–Trinajstić information content (AvgIpc) is 2.03. The molecule has 0 saturated carbocycles. The van der Waals surface area contributed by atoms with Crippen molar-refractivity contribution in [1.29, 1.82) is 0 Å². The van der Waals surface area contributed by atoms with Gasteiger partial charge in [0.2, 0.25) is 0 Å². The molecule has 0 radical (unpaired) electrons. The van der Waals surface area contributed by atoms with Crippen LogP contribution in [-0.4, -0.2) is 11.2 Å². The lowest BCUT2D eigenvalue weighted by molar-refractivity contribution is 0.109. The topological polar surface area (TPSA) is 20.2 Å².